The molecular weight excluding hydrogens is 352 g/mol. The molecule has 140 valence electrons. The van der Waals surface area contributed by atoms with Crippen molar-refractivity contribution in [1.29, 1.82) is 0 Å². The smallest absolute Gasteiger partial charge is 0.0972 e. The van der Waals surface area contributed by atoms with Crippen LogP contribution in [0.5, 0.6) is 0 Å². The van der Waals surface area contributed by atoms with Gasteiger partial charge >= 0.3 is 0 Å². The van der Waals surface area contributed by atoms with Gasteiger partial charge in [0, 0.05) is 10.9 Å². The Balaban J connectivity index is 1.75. The molecule has 0 saturated carbocycles. The minimum atomic E-state index is 0.917. The molecule has 0 fully saturated rings. The predicted octanol–water partition coefficient (Wildman–Crippen LogP) is 7.07. The van der Waals surface area contributed by atoms with Crippen molar-refractivity contribution in [3.63, 3.8) is 0 Å². The third-order valence-corrected chi connectivity index (χ3v) is 5.36. The first-order valence-electron chi connectivity index (χ1n) is 10.2. The van der Waals surface area contributed by atoms with Gasteiger partial charge in [-0.3, -0.25) is 0 Å². The number of nitrogens with zero attached hydrogens (tertiary/aromatic N) is 2. The lowest BCUT2D eigenvalue weighted by molar-refractivity contribution is 0.885. The molecule has 29 heavy (non-hydrogen) atoms. The summed E-state index contributed by atoms with van der Waals surface area (Å²) in [6.45, 7) is 2.19. The molecule has 0 spiro atoms. The maximum atomic E-state index is 5.16. The quantitative estimate of drug-likeness (QED) is 0.314. The van der Waals surface area contributed by atoms with Crippen LogP contribution in [0.15, 0.2) is 91.0 Å². The molecule has 0 aliphatic rings. The standard InChI is InChI=1S/C27H22N2/c1-2-9-24-26(22-14-8-13-21(18-22)19-10-4-3-5-11-19)29-27-23-15-7-6-12-20(23)16-17-25(27)28-24/h3-8,10-18H,2,9H2,1H3. The largest absolute Gasteiger partial charge is 0.249 e. The third-order valence-electron chi connectivity index (χ3n) is 5.36. The molecule has 0 aliphatic carbocycles. The molecule has 0 bridgehead atoms. The van der Waals surface area contributed by atoms with Crippen LogP contribution in [-0.2, 0) is 6.42 Å². The summed E-state index contributed by atoms with van der Waals surface area (Å²) in [6, 6.07) is 31.8. The summed E-state index contributed by atoms with van der Waals surface area (Å²) in [6.07, 6.45) is 1.96. The molecule has 0 N–H and O–H groups in total. The van der Waals surface area contributed by atoms with Crippen molar-refractivity contribution in [3.05, 3.63) is 96.7 Å². The SMILES string of the molecule is CCCc1nc2ccc3ccccc3c2nc1-c1cccc(-c2ccccc2)c1. The van der Waals surface area contributed by atoms with Gasteiger partial charge in [0.1, 0.15) is 0 Å². The van der Waals surface area contributed by atoms with Crippen LogP contribution in [0, 0.1) is 0 Å². The van der Waals surface area contributed by atoms with E-state index in [9.17, 15) is 0 Å². The highest BCUT2D eigenvalue weighted by Crippen LogP contribution is 2.31. The average molecular weight is 374 g/mol. The molecule has 5 aromatic rings. The van der Waals surface area contributed by atoms with Crippen molar-refractivity contribution in [2.24, 2.45) is 0 Å². The number of aryl methyl sites for hydroxylation is 1. The van der Waals surface area contributed by atoms with Crippen molar-refractivity contribution in [2.75, 3.05) is 0 Å². The van der Waals surface area contributed by atoms with Crippen molar-refractivity contribution >= 4 is 21.8 Å². The van der Waals surface area contributed by atoms with Crippen LogP contribution in [0.1, 0.15) is 19.0 Å². The van der Waals surface area contributed by atoms with Crippen LogP contribution in [0.25, 0.3) is 44.2 Å². The van der Waals surface area contributed by atoms with Gasteiger partial charge in [0.15, 0.2) is 0 Å². The van der Waals surface area contributed by atoms with E-state index in [-0.39, 0.29) is 0 Å². The van der Waals surface area contributed by atoms with Crippen LogP contribution in [0.4, 0.5) is 0 Å². The number of hydrogen-bond donors (Lipinski definition) is 0. The highest BCUT2D eigenvalue weighted by atomic mass is 14.8. The molecule has 0 amide bonds. The van der Waals surface area contributed by atoms with E-state index in [0.717, 1.165) is 46.2 Å². The Morgan fingerprint density at radius 1 is 0.655 bits per heavy atom. The van der Waals surface area contributed by atoms with Crippen LogP contribution in [0.3, 0.4) is 0 Å². The molecule has 0 atom stereocenters. The van der Waals surface area contributed by atoms with E-state index >= 15 is 0 Å². The van der Waals surface area contributed by atoms with E-state index in [1.165, 1.54) is 16.5 Å². The highest BCUT2D eigenvalue weighted by Gasteiger charge is 2.13. The van der Waals surface area contributed by atoms with Crippen LogP contribution >= 0.6 is 0 Å². The molecule has 1 heterocycles. The number of rotatable bonds is 4. The topological polar surface area (TPSA) is 25.8 Å². The minimum Gasteiger partial charge on any atom is -0.249 e. The zero-order valence-electron chi connectivity index (χ0n) is 16.5. The summed E-state index contributed by atoms with van der Waals surface area (Å²) in [7, 11) is 0. The fraction of sp³-hybridized carbons (Fsp3) is 0.111. The minimum absolute atomic E-state index is 0.917. The number of hydrogen-bond acceptors (Lipinski definition) is 2. The first kappa shape index (κ1) is 17.6. The molecule has 1 aromatic heterocycles. The summed E-state index contributed by atoms with van der Waals surface area (Å²) >= 11 is 0. The molecule has 0 aliphatic heterocycles. The van der Waals surface area contributed by atoms with Gasteiger partial charge in [-0.2, -0.15) is 0 Å². The molecule has 2 heteroatoms. The molecule has 0 saturated heterocycles. The lowest BCUT2D eigenvalue weighted by Gasteiger charge is -2.12. The van der Waals surface area contributed by atoms with E-state index in [2.05, 4.69) is 91.9 Å². The third kappa shape index (κ3) is 3.27. The van der Waals surface area contributed by atoms with Gasteiger partial charge in [0.25, 0.3) is 0 Å². The first-order valence-corrected chi connectivity index (χ1v) is 10.2. The molecule has 2 nitrogen and oxygen atoms in total. The second-order valence-electron chi connectivity index (χ2n) is 7.37. The zero-order valence-corrected chi connectivity index (χ0v) is 16.5. The van der Waals surface area contributed by atoms with Crippen molar-refractivity contribution in [1.82, 2.24) is 9.97 Å². The van der Waals surface area contributed by atoms with Crippen LogP contribution < -0.4 is 0 Å². The Hall–Kier alpha value is -3.52. The Bertz CT molecular complexity index is 1310. The summed E-state index contributed by atoms with van der Waals surface area (Å²) in [5.41, 5.74) is 7.54. The molecule has 0 radical (unpaired) electrons. The zero-order chi connectivity index (χ0) is 19.6. The fourth-order valence-corrected chi connectivity index (χ4v) is 3.94. The van der Waals surface area contributed by atoms with Crippen LogP contribution in [0.2, 0.25) is 0 Å². The van der Waals surface area contributed by atoms with Gasteiger partial charge in [0.2, 0.25) is 0 Å². The van der Waals surface area contributed by atoms with Crippen molar-refractivity contribution in [2.45, 2.75) is 19.8 Å². The first-order chi connectivity index (χ1) is 14.3. The van der Waals surface area contributed by atoms with Crippen molar-refractivity contribution in [3.8, 4) is 22.4 Å². The second-order valence-corrected chi connectivity index (χ2v) is 7.37. The van der Waals surface area contributed by atoms with Gasteiger partial charge in [-0.15, -0.1) is 0 Å². The van der Waals surface area contributed by atoms with E-state index in [1.807, 2.05) is 6.07 Å². The maximum absolute atomic E-state index is 5.16. The lowest BCUT2D eigenvalue weighted by Crippen LogP contribution is -1.99. The van der Waals surface area contributed by atoms with E-state index in [0.29, 0.717) is 0 Å². The Kier molecular flexibility index (Phi) is 4.53. The van der Waals surface area contributed by atoms with E-state index in [1.54, 1.807) is 0 Å². The second kappa shape index (κ2) is 7.48. The van der Waals surface area contributed by atoms with Gasteiger partial charge in [-0.1, -0.05) is 92.2 Å². The van der Waals surface area contributed by atoms with Gasteiger partial charge < -0.3 is 0 Å². The molecule has 0 unspecified atom stereocenters. The van der Waals surface area contributed by atoms with Gasteiger partial charge in [-0.05, 0) is 35.1 Å². The Morgan fingerprint density at radius 3 is 2.28 bits per heavy atom. The summed E-state index contributed by atoms with van der Waals surface area (Å²) < 4.78 is 0. The summed E-state index contributed by atoms with van der Waals surface area (Å²) in [5, 5.41) is 2.35. The van der Waals surface area contributed by atoms with Gasteiger partial charge in [0.05, 0.1) is 22.4 Å². The lowest BCUT2D eigenvalue weighted by atomic mass is 9.99. The maximum Gasteiger partial charge on any atom is 0.0972 e. The van der Waals surface area contributed by atoms with Crippen molar-refractivity contribution < 1.29 is 0 Å². The van der Waals surface area contributed by atoms with Gasteiger partial charge in [-0.25, -0.2) is 9.97 Å². The number of benzene rings is 4. The van der Waals surface area contributed by atoms with Crippen LogP contribution in [-0.4, -0.2) is 9.97 Å². The monoisotopic (exact) mass is 374 g/mol. The fourth-order valence-electron chi connectivity index (χ4n) is 3.94. The Labute approximate surface area is 170 Å². The summed E-state index contributed by atoms with van der Waals surface area (Å²) in [5.74, 6) is 0. The number of fused-ring (bicyclic) bond motifs is 3. The summed E-state index contributed by atoms with van der Waals surface area (Å²) in [4.78, 5) is 10.2. The number of aromatic nitrogens is 2. The van der Waals surface area contributed by atoms with E-state index < -0.39 is 0 Å². The Morgan fingerprint density at radius 2 is 1.41 bits per heavy atom. The molecule has 5 rings (SSSR count). The average Bonchev–Trinajstić information content (AvgIpc) is 2.79. The normalized spacial score (nSPS) is 11.2. The molecular formula is C27H22N2. The highest BCUT2D eigenvalue weighted by molar-refractivity contribution is 6.04. The van der Waals surface area contributed by atoms with E-state index in [4.69, 9.17) is 9.97 Å². The predicted molar refractivity (Wildman–Crippen MR) is 122 cm³/mol. The molecule has 4 aromatic carbocycles.